The van der Waals surface area contributed by atoms with Crippen LogP contribution in [0.4, 0.5) is 15.9 Å². The first kappa shape index (κ1) is 15.0. The first-order valence-electron chi connectivity index (χ1n) is 6.63. The Morgan fingerprint density at radius 2 is 2.00 bits per heavy atom. The number of halogens is 1. The smallest absolute Gasteiger partial charge is 0.261 e. The lowest BCUT2D eigenvalue weighted by molar-refractivity contribution is 0.0989. The average Bonchev–Trinajstić information content (AvgIpc) is 2.46. The third kappa shape index (κ3) is 2.86. The molecular formula is C16H18FN3O. The molecule has 1 aromatic carbocycles. The number of nitrogens with one attached hydrogen (secondary N) is 1. The van der Waals surface area contributed by atoms with E-state index in [1.807, 2.05) is 32.0 Å². The number of rotatable bonds is 3. The summed E-state index contributed by atoms with van der Waals surface area (Å²) < 4.78 is 14.2. The molecule has 21 heavy (non-hydrogen) atoms. The summed E-state index contributed by atoms with van der Waals surface area (Å²) in [6, 6.07) is 7.16. The van der Waals surface area contributed by atoms with E-state index >= 15 is 0 Å². The molecule has 5 heteroatoms. The van der Waals surface area contributed by atoms with E-state index in [1.165, 1.54) is 17.2 Å². The van der Waals surface area contributed by atoms with Gasteiger partial charge in [0, 0.05) is 26.0 Å². The number of aryl methyl sites for hydroxylation is 2. The van der Waals surface area contributed by atoms with Gasteiger partial charge in [0.2, 0.25) is 0 Å². The van der Waals surface area contributed by atoms with E-state index in [-0.39, 0.29) is 11.4 Å². The molecule has 0 spiro atoms. The van der Waals surface area contributed by atoms with E-state index in [0.29, 0.717) is 0 Å². The van der Waals surface area contributed by atoms with Gasteiger partial charge >= 0.3 is 0 Å². The van der Waals surface area contributed by atoms with Crippen LogP contribution >= 0.6 is 0 Å². The molecule has 0 aliphatic carbocycles. The zero-order chi connectivity index (χ0) is 15.6. The fraction of sp³-hybridized carbons (Fsp3) is 0.250. The van der Waals surface area contributed by atoms with Crippen LogP contribution in [0.25, 0.3) is 0 Å². The fourth-order valence-electron chi connectivity index (χ4n) is 2.25. The minimum atomic E-state index is -0.637. The predicted octanol–water partition coefficient (Wildman–Crippen LogP) is 3.16. The fourth-order valence-corrected chi connectivity index (χ4v) is 2.25. The van der Waals surface area contributed by atoms with Gasteiger partial charge in [-0.3, -0.25) is 4.79 Å². The number of aromatic nitrogens is 1. The first-order chi connectivity index (χ1) is 9.95. The molecule has 2 aromatic rings. The van der Waals surface area contributed by atoms with Crippen LogP contribution < -0.4 is 10.2 Å². The highest BCUT2D eigenvalue weighted by atomic mass is 19.1. The van der Waals surface area contributed by atoms with Crippen molar-refractivity contribution in [2.45, 2.75) is 13.8 Å². The van der Waals surface area contributed by atoms with E-state index in [0.717, 1.165) is 16.8 Å². The topological polar surface area (TPSA) is 45.2 Å². The van der Waals surface area contributed by atoms with E-state index in [1.54, 1.807) is 14.1 Å². The van der Waals surface area contributed by atoms with Gasteiger partial charge in [-0.05, 0) is 31.5 Å². The van der Waals surface area contributed by atoms with Crippen LogP contribution in [0.3, 0.4) is 0 Å². The largest absolute Gasteiger partial charge is 0.371 e. The van der Waals surface area contributed by atoms with Gasteiger partial charge in [-0.15, -0.1) is 0 Å². The van der Waals surface area contributed by atoms with Crippen molar-refractivity contribution in [3.63, 3.8) is 0 Å². The van der Waals surface area contributed by atoms with Crippen LogP contribution in [0.1, 0.15) is 21.5 Å². The number of carbonyl (C=O) groups is 1. The molecule has 0 saturated carbocycles. The summed E-state index contributed by atoms with van der Waals surface area (Å²) in [6.45, 7) is 3.91. The van der Waals surface area contributed by atoms with Crippen molar-refractivity contribution in [1.29, 1.82) is 0 Å². The van der Waals surface area contributed by atoms with Crippen molar-refractivity contribution in [2.24, 2.45) is 0 Å². The highest BCUT2D eigenvalue weighted by molar-refractivity contribution is 6.06. The Hall–Kier alpha value is -2.43. The Kier molecular flexibility index (Phi) is 4.21. The third-order valence-corrected chi connectivity index (χ3v) is 3.37. The lowest BCUT2D eigenvalue weighted by Crippen LogP contribution is -2.28. The monoisotopic (exact) mass is 287 g/mol. The second-order valence-electron chi connectivity index (χ2n) is 4.93. The van der Waals surface area contributed by atoms with Gasteiger partial charge in [-0.1, -0.05) is 17.7 Å². The van der Waals surface area contributed by atoms with Crippen molar-refractivity contribution >= 4 is 17.4 Å². The zero-order valence-electron chi connectivity index (χ0n) is 12.6. The van der Waals surface area contributed by atoms with E-state index in [9.17, 15) is 9.18 Å². The highest BCUT2D eigenvalue weighted by Gasteiger charge is 2.20. The summed E-state index contributed by atoms with van der Waals surface area (Å²) in [5.74, 6) is -0.977. The van der Waals surface area contributed by atoms with Crippen molar-refractivity contribution in [3.05, 3.63) is 53.0 Å². The van der Waals surface area contributed by atoms with E-state index in [2.05, 4.69) is 10.3 Å². The summed E-state index contributed by atoms with van der Waals surface area (Å²) >= 11 is 0. The molecule has 0 saturated heterocycles. The molecule has 1 heterocycles. The number of hydrogen-bond donors (Lipinski definition) is 1. The van der Waals surface area contributed by atoms with Gasteiger partial charge in [0.25, 0.3) is 5.91 Å². The Balaban J connectivity index is 2.40. The molecule has 0 atom stereocenters. The molecule has 0 unspecified atom stereocenters. The lowest BCUT2D eigenvalue weighted by Gasteiger charge is -2.20. The quantitative estimate of drug-likeness (QED) is 0.943. The molecule has 1 amide bonds. The minimum absolute atomic E-state index is 0.00294. The van der Waals surface area contributed by atoms with E-state index < -0.39 is 11.7 Å². The summed E-state index contributed by atoms with van der Waals surface area (Å²) in [6.07, 6.45) is 1.41. The second-order valence-corrected chi connectivity index (χ2v) is 4.93. The maximum Gasteiger partial charge on any atom is 0.261 e. The highest BCUT2D eigenvalue weighted by Crippen LogP contribution is 2.23. The SMILES string of the molecule is CNc1nccc(C(=O)N(C)c2ccc(C)cc2C)c1F. The predicted molar refractivity (Wildman–Crippen MR) is 82.4 cm³/mol. The van der Waals surface area contributed by atoms with Gasteiger partial charge in [-0.25, -0.2) is 9.37 Å². The van der Waals surface area contributed by atoms with Crippen LogP contribution in [0.2, 0.25) is 0 Å². The molecule has 2 rings (SSSR count). The summed E-state index contributed by atoms with van der Waals surface area (Å²) in [7, 11) is 3.20. The molecule has 0 aliphatic heterocycles. The number of anilines is 2. The van der Waals surface area contributed by atoms with Crippen LogP contribution in [0.5, 0.6) is 0 Å². The summed E-state index contributed by atoms with van der Waals surface area (Å²) in [5.41, 5.74) is 2.84. The number of amides is 1. The minimum Gasteiger partial charge on any atom is -0.371 e. The Bertz CT molecular complexity index is 685. The molecule has 0 aliphatic rings. The molecule has 110 valence electrons. The summed E-state index contributed by atoms with van der Waals surface area (Å²) in [5, 5.41) is 2.63. The molecule has 1 aromatic heterocycles. The van der Waals surface area contributed by atoms with Crippen molar-refractivity contribution in [3.8, 4) is 0 Å². The number of benzene rings is 1. The average molecular weight is 287 g/mol. The Morgan fingerprint density at radius 1 is 1.29 bits per heavy atom. The molecule has 0 fully saturated rings. The first-order valence-corrected chi connectivity index (χ1v) is 6.63. The Labute approximate surface area is 123 Å². The number of hydrogen-bond acceptors (Lipinski definition) is 3. The number of nitrogens with zero attached hydrogens (tertiary/aromatic N) is 2. The molecule has 0 radical (unpaired) electrons. The Morgan fingerprint density at radius 3 is 2.62 bits per heavy atom. The molecule has 4 nitrogen and oxygen atoms in total. The molecule has 0 bridgehead atoms. The van der Waals surface area contributed by atoms with Gasteiger partial charge in [0.05, 0.1) is 5.56 Å². The maximum atomic E-state index is 14.2. The number of pyridine rings is 1. The second kappa shape index (κ2) is 5.91. The van der Waals surface area contributed by atoms with E-state index in [4.69, 9.17) is 0 Å². The third-order valence-electron chi connectivity index (χ3n) is 3.37. The van der Waals surface area contributed by atoms with Crippen LogP contribution in [-0.4, -0.2) is 25.0 Å². The van der Waals surface area contributed by atoms with Gasteiger partial charge in [0.1, 0.15) is 0 Å². The van der Waals surface area contributed by atoms with Crippen LogP contribution in [-0.2, 0) is 0 Å². The van der Waals surface area contributed by atoms with Gasteiger partial charge in [-0.2, -0.15) is 0 Å². The van der Waals surface area contributed by atoms with Crippen molar-refractivity contribution in [1.82, 2.24) is 4.98 Å². The van der Waals surface area contributed by atoms with Crippen LogP contribution in [0, 0.1) is 19.7 Å². The summed E-state index contributed by atoms with van der Waals surface area (Å²) in [4.78, 5) is 17.8. The van der Waals surface area contributed by atoms with Crippen LogP contribution in [0.15, 0.2) is 30.5 Å². The lowest BCUT2D eigenvalue weighted by atomic mass is 10.1. The standard InChI is InChI=1S/C16H18FN3O/c1-10-5-6-13(11(2)9-10)20(4)16(21)12-7-8-19-15(18-3)14(12)17/h5-9H,1-4H3,(H,18,19). The zero-order valence-corrected chi connectivity index (χ0v) is 12.6. The van der Waals surface area contributed by atoms with Gasteiger partial charge in [0.15, 0.2) is 11.6 Å². The van der Waals surface area contributed by atoms with Gasteiger partial charge < -0.3 is 10.2 Å². The van der Waals surface area contributed by atoms with Crippen molar-refractivity contribution < 1.29 is 9.18 Å². The van der Waals surface area contributed by atoms with Crippen molar-refractivity contribution in [2.75, 3.05) is 24.3 Å². The number of carbonyl (C=O) groups excluding carboxylic acids is 1. The molecule has 1 N–H and O–H groups in total. The normalized spacial score (nSPS) is 10.3. The maximum absolute atomic E-state index is 14.2. The molecular weight excluding hydrogens is 269 g/mol.